The summed E-state index contributed by atoms with van der Waals surface area (Å²) in [6.07, 6.45) is 5.12. The minimum Gasteiger partial charge on any atom is -0.306 e. The van der Waals surface area contributed by atoms with Gasteiger partial charge in [-0.15, -0.1) is 4.80 Å². The third-order valence-electron chi connectivity index (χ3n) is 4.83. The number of pyridine rings is 1. The molecule has 1 saturated heterocycles. The highest BCUT2D eigenvalue weighted by Gasteiger charge is 2.30. The lowest BCUT2D eigenvalue weighted by atomic mass is 10.1. The van der Waals surface area contributed by atoms with E-state index in [-0.39, 0.29) is 29.2 Å². The van der Waals surface area contributed by atoms with Crippen LogP contribution in [-0.2, 0) is 0 Å². The number of aromatic nitrogens is 7. The van der Waals surface area contributed by atoms with Gasteiger partial charge in [-0.05, 0) is 6.07 Å². The third kappa shape index (κ3) is 3.95. The first kappa shape index (κ1) is 20.5. The summed E-state index contributed by atoms with van der Waals surface area (Å²) in [4.78, 5) is 22.4. The van der Waals surface area contributed by atoms with E-state index in [1.54, 1.807) is 6.07 Å². The van der Waals surface area contributed by atoms with Crippen molar-refractivity contribution < 1.29 is 9.18 Å². The molecule has 1 unspecified atom stereocenters. The van der Waals surface area contributed by atoms with Crippen LogP contribution in [0.1, 0.15) is 18.2 Å². The van der Waals surface area contributed by atoms with Crippen LogP contribution < -0.4 is 16.0 Å². The van der Waals surface area contributed by atoms with Crippen molar-refractivity contribution in [2.45, 2.75) is 18.6 Å². The molecule has 164 valence electrons. The van der Waals surface area contributed by atoms with E-state index in [1.807, 2.05) is 0 Å². The summed E-state index contributed by atoms with van der Waals surface area (Å²) in [6.45, 7) is 0.205. The maximum Gasteiger partial charge on any atom is 0.323 e. The topological polar surface area (TPSA) is 127 Å². The van der Waals surface area contributed by atoms with Gasteiger partial charge in [0.1, 0.15) is 6.17 Å². The average molecular weight is 477 g/mol. The Morgan fingerprint density at radius 1 is 1.16 bits per heavy atom. The van der Waals surface area contributed by atoms with Crippen LogP contribution in [0.25, 0.3) is 11.5 Å². The Morgan fingerprint density at radius 2 is 1.97 bits per heavy atom. The number of nitrogens with zero attached hydrogens (tertiary/aromatic N) is 7. The van der Waals surface area contributed by atoms with E-state index in [9.17, 15) is 9.18 Å². The molecule has 4 aromatic rings. The van der Waals surface area contributed by atoms with Crippen molar-refractivity contribution >= 4 is 46.3 Å². The predicted molar refractivity (Wildman–Crippen MR) is 115 cm³/mol. The van der Waals surface area contributed by atoms with Gasteiger partial charge in [0, 0.05) is 19.0 Å². The lowest BCUT2D eigenvalue weighted by Gasteiger charge is -2.17. The molecule has 4 aromatic heterocycles. The molecule has 0 saturated carbocycles. The largest absolute Gasteiger partial charge is 0.323 e. The van der Waals surface area contributed by atoms with Crippen molar-refractivity contribution in [2.75, 3.05) is 17.2 Å². The average Bonchev–Trinajstić information content (AvgIpc) is 3.49. The monoisotopic (exact) mass is 476 g/mol. The van der Waals surface area contributed by atoms with Crippen LogP contribution >= 0.6 is 23.2 Å². The summed E-state index contributed by atoms with van der Waals surface area (Å²) in [7, 11) is 0. The quantitative estimate of drug-likeness (QED) is 0.412. The van der Waals surface area contributed by atoms with E-state index in [1.165, 1.54) is 40.2 Å². The molecule has 14 heteroatoms. The van der Waals surface area contributed by atoms with E-state index in [0.717, 1.165) is 0 Å². The lowest BCUT2D eigenvalue weighted by molar-refractivity contribution is 0.262. The number of anilines is 2. The number of hydrogen-bond acceptors (Lipinski definition) is 7. The number of nitrogens with one attached hydrogen (secondary N) is 3. The Bertz CT molecular complexity index is 1290. The second-order valence-corrected chi connectivity index (χ2v) is 7.81. The molecule has 11 nitrogen and oxygen atoms in total. The van der Waals surface area contributed by atoms with Crippen molar-refractivity contribution in [3.8, 4) is 5.82 Å². The molecule has 0 radical (unpaired) electrons. The van der Waals surface area contributed by atoms with Gasteiger partial charge in [-0.3, -0.25) is 0 Å². The van der Waals surface area contributed by atoms with Crippen molar-refractivity contribution in [3.05, 3.63) is 52.8 Å². The van der Waals surface area contributed by atoms with E-state index < -0.39 is 12.2 Å². The van der Waals surface area contributed by atoms with E-state index in [2.05, 4.69) is 41.2 Å². The Morgan fingerprint density at radius 3 is 2.69 bits per heavy atom. The normalized spacial score (nSPS) is 18.2. The highest BCUT2D eigenvalue weighted by molar-refractivity contribution is 6.32. The van der Waals surface area contributed by atoms with Gasteiger partial charge < -0.3 is 16.0 Å². The van der Waals surface area contributed by atoms with Crippen molar-refractivity contribution in [1.29, 1.82) is 0 Å². The number of urea groups is 1. The molecule has 32 heavy (non-hydrogen) atoms. The number of carbonyl (C=O) groups is 1. The molecule has 0 bridgehead atoms. The molecule has 1 aliphatic rings. The first-order valence-electron chi connectivity index (χ1n) is 9.50. The van der Waals surface area contributed by atoms with Gasteiger partial charge in [-0.2, -0.15) is 15.3 Å². The van der Waals surface area contributed by atoms with Gasteiger partial charge in [-0.1, -0.05) is 23.2 Å². The number of carbonyl (C=O) groups excluding carboxylic acids is 1. The molecule has 5 rings (SSSR count). The SMILES string of the molecule is O=C(Nc1cnc(-n2nccn2)c(Cl)c1)Nc1cnc2cc(Cl)nn2c1C1C[C@H](F)CN1. The number of alkyl halides is 1. The molecule has 1 aliphatic heterocycles. The summed E-state index contributed by atoms with van der Waals surface area (Å²) in [5, 5.41) is 21.1. The van der Waals surface area contributed by atoms with Crippen LogP contribution in [0, 0.1) is 0 Å². The number of amides is 2. The van der Waals surface area contributed by atoms with Gasteiger partial charge in [0.2, 0.25) is 0 Å². The van der Waals surface area contributed by atoms with Crippen LogP contribution in [0.2, 0.25) is 10.2 Å². The molecule has 5 heterocycles. The van der Waals surface area contributed by atoms with Gasteiger partial charge in [0.05, 0.1) is 52.9 Å². The van der Waals surface area contributed by atoms with Gasteiger partial charge in [0.25, 0.3) is 0 Å². The first-order chi connectivity index (χ1) is 15.5. The number of halogens is 3. The zero-order valence-corrected chi connectivity index (χ0v) is 17.7. The fourth-order valence-electron chi connectivity index (χ4n) is 3.51. The highest BCUT2D eigenvalue weighted by Crippen LogP contribution is 2.31. The molecule has 2 amide bonds. The summed E-state index contributed by atoms with van der Waals surface area (Å²) in [5.74, 6) is 0.322. The highest BCUT2D eigenvalue weighted by atomic mass is 35.5. The summed E-state index contributed by atoms with van der Waals surface area (Å²) < 4.78 is 15.4. The maximum atomic E-state index is 13.9. The molecule has 0 spiro atoms. The fourth-order valence-corrected chi connectivity index (χ4v) is 3.93. The Kier molecular flexibility index (Phi) is 5.33. The molecular weight excluding hydrogens is 462 g/mol. The minimum atomic E-state index is -1.01. The molecule has 0 aromatic carbocycles. The van der Waals surface area contributed by atoms with Crippen molar-refractivity contribution in [3.63, 3.8) is 0 Å². The molecule has 2 atom stereocenters. The van der Waals surface area contributed by atoms with Crippen LogP contribution in [0.3, 0.4) is 0 Å². The maximum absolute atomic E-state index is 13.9. The van der Waals surface area contributed by atoms with Crippen molar-refractivity contribution in [2.24, 2.45) is 0 Å². The second-order valence-electron chi connectivity index (χ2n) is 7.02. The number of hydrogen-bond donors (Lipinski definition) is 3. The molecule has 1 fully saturated rings. The van der Waals surface area contributed by atoms with Crippen molar-refractivity contribution in [1.82, 2.24) is 39.9 Å². The van der Waals surface area contributed by atoms with E-state index in [0.29, 0.717) is 28.5 Å². The zero-order chi connectivity index (χ0) is 22.2. The number of fused-ring (bicyclic) bond motifs is 1. The van der Waals surface area contributed by atoms with Crippen LogP contribution in [0.15, 0.2) is 36.9 Å². The lowest BCUT2D eigenvalue weighted by Crippen LogP contribution is -2.24. The minimum absolute atomic E-state index is 0.205. The van der Waals surface area contributed by atoms with Gasteiger partial charge >= 0.3 is 6.03 Å². The Hall–Kier alpha value is -3.35. The Balaban J connectivity index is 1.40. The smallest absolute Gasteiger partial charge is 0.306 e. The predicted octanol–water partition coefficient (Wildman–Crippen LogP) is 3.03. The number of rotatable bonds is 4. The van der Waals surface area contributed by atoms with E-state index >= 15 is 0 Å². The van der Waals surface area contributed by atoms with E-state index in [4.69, 9.17) is 23.2 Å². The van der Waals surface area contributed by atoms with Crippen LogP contribution in [0.4, 0.5) is 20.6 Å². The zero-order valence-electron chi connectivity index (χ0n) is 16.2. The fraction of sp³-hybridized carbons (Fsp3) is 0.222. The summed E-state index contributed by atoms with van der Waals surface area (Å²) >= 11 is 12.3. The summed E-state index contributed by atoms with van der Waals surface area (Å²) in [5.41, 5.74) is 1.74. The van der Waals surface area contributed by atoms with Gasteiger partial charge in [-0.25, -0.2) is 23.7 Å². The Labute approximate surface area is 189 Å². The third-order valence-corrected chi connectivity index (χ3v) is 5.30. The standard InChI is InChI=1S/C18H15Cl2FN10O/c19-11-4-10(7-24-17(11)31-25-1-2-26-31)27-18(32)28-13-8-23-15-5-14(20)29-30(15)16(13)12-3-9(21)6-22-12/h1-2,4-5,7-9,12,22H,3,6H2,(H2,27,28,32)/t9-,12?/m0/s1. The summed E-state index contributed by atoms with van der Waals surface area (Å²) in [6, 6.07) is 2.16. The second kappa shape index (κ2) is 8.30. The molecular formula is C18H15Cl2FN10O. The van der Waals surface area contributed by atoms with Gasteiger partial charge in [0.15, 0.2) is 16.6 Å². The molecule has 0 aliphatic carbocycles. The van der Waals surface area contributed by atoms with Crippen LogP contribution in [-0.4, -0.2) is 53.3 Å². The molecule has 3 N–H and O–H groups in total. The first-order valence-corrected chi connectivity index (χ1v) is 10.3. The van der Waals surface area contributed by atoms with Crippen LogP contribution in [0.5, 0.6) is 0 Å².